The van der Waals surface area contributed by atoms with Crippen molar-refractivity contribution in [3.8, 4) is 11.5 Å². The SMILES string of the molecule is CC1(C)CC(C)(C)CC(c2ccccc2O)(c2ccccc2O)C1. The van der Waals surface area contributed by atoms with Gasteiger partial charge in [-0.25, -0.2) is 0 Å². The fourth-order valence-corrected chi connectivity index (χ4v) is 5.40. The van der Waals surface area contributed by atoms with E-state index in [4.69, 9.17) is 0 Å². The Morgan fingerprint density at radius 2 is 1.00 bits per heavy atom. The van der Waals surface area contributed by atoms with Gasteiger partial charge in [0, 0.05) is 16.5 Å². The molecule has 0 radical (unpaired) electrons. The molecular formula is C22H28O2. The van der Waals surface area contributed by atoms with E-state index in [0.29, 0.717) is 11.5 Å². The molecule has 1 saturated carbocycles. The molecular weight excluding hydrogens is 296 g/mol. The third-order valence-electron chi connectivity index (χ3n) is 5.36. The molecule has 0 unspecified atom stereocenters. The van der Waals surface area contributed by atoms with Gasteiger partial charge in [-0.05, 0) is 42.2 Å². The van der Waals surface area contributed by atoms with E-state index in [1.54, 1.807) is 12.1 Å². The van der Waals surface area contributed by atoms with Crippen LogP contribution in [0.1, 0.15) is 58.1 Å². The zero-order valence-corrected chi connectivity index (χ0v) is 15.1. The van der Waals surface area contributed by atoms with Crippen LogP contribution in [0, 0.1) is 10.8 Å². The maximum absolute atomic E-state index is 10.6. The predicted octanol–water partition coefficient (Wildman–Crippen LogP) is 5.62. The first-order valence-corrected chi connectivity index (χ1v) is 8.72. The molecule has 1 aliphatic rings. The van der Waals surface area contributed by atoms with Crippen LogP contribution in [-0.4, -0.2) is 10.2 Å². The second-order valence-corrected chi connectivity index (χ2v) is 8.98. The van der Waals surface area contributed by atoms with Crippen molar-refractivity contribution < 1.29 is 10.2 Å². The fraction of sp³-hybridized carbons (Fsp3) is 0.455. The summed E-state index contributed by atoms with van der Waals surface area (Å²) in [5.74, 6) is 0.628. The number of para-hydroxylation sites is 2. The number of aromatic hydroxyl groups is 2. The molecule has 0 saturated heterocycles. The highest BCUT2D eigenvalue weighted by atomic mass is 16.3. The molecule has 0 spiro atoms. The van der Waals surface area contributed by atoms with Gasteiger partial charge in [-0.15, -0.1) is 0 Å². The highest BCUT2D eigenvalue weighted by molar-refractivity contribution is 5.52. The Hall–Kier alpha value is -1.96. The van der Waals surface area contributed by atoms with Crippen LogP contribution in [0.3, 0.4) is 0 Å². The lowest BCUT2D eigenvalue weighted by Gasteiger charge is -2.53. The van der Waals surface area contributed by atoms with Gasteiger partial charge in [0.05, 0.1) is 0 Å². The van der Waals surface area contributed by atoms with Crippen LogP contribution >= 0.6 is 0 Å². The monoisotopic (exact) mass is 324 g/mol. The quantitative estimate of drug-likeness (QED) is 0.752. The van der Waals surface area contributed by atoms with E-state index in [1.807, 2.05) is 36.4 Å². The van der Waals surface area contributed by atoms with Gasteiger partial charge in [0.25, 0.3) is 0 Å². The van der Waals surface area contributed by atoms with Crippen LogP contribution in [0.25, 0.3) is 0 Å². The van der Waals surface area contributed by atoms with Crippen molar-refractivity contribution in [2.24, 2.45) is 10.8 Å². The fourth-order valence-electron chi connectivity index (χ4n) is 5.40. The molecule has 0 aromatic heterocycles. The number of benzene rings is 2. The summed E-state index contributed by atoms with van der Waals surface area (Å²) in [6, 6.07) is 15.2. The second kappa shape index (κ2) is 5.54. The summed E-state index contributed by atoms with van der Waals surface area (Å²) in [6.45, 7) is 9.18. The van der Waals surface area contributed by atoms with Crippen molar-refractivity contribution in [2.75, 3.05) is 0 Å². The lowest BCUT2D eigenvalue weighted by Crippen LogP contribution is -2.45. The first-order valence-electron chi connectivity index (χ1n) is 8.72. The van der Waals surface area contributed by atoms with Crippen molar-refractivity contribution in [1.29, 1.82) is 0 Å². The van der Waals surface area contributed by atoms with E-state index < -0.39 is 0 Å². The molecule has 24 heavy (non-hydrogen) atoms. The molecule has 2 aromatic carbocycles. The van der Waals surface area contributed by atoms with Gasteiger partial charge < -0.3 is 10.2 Å². The topological polar surface area (TPSA) is 40.5 Å². The third-order valence-corrected chi connectivity index (χ3v) is 5.36. The number of hydrogen-bond acceptors (Lipinski definition) is 2. The van der Waals surface area contributed by atoms with Gasteiger partial charge in [-0.2, -0.15) is 0 Å². The van der Waals surface area contributed by atoms with Crippen molar-refractivity contribution in [3.63, 3.8) is 0 Å². The molecule has 2 heteroatoms. The van der Waals surface area contributed by atoms with E-state index >= 15 is 0 Å². The minimum atomic E-state index is -0.387. The van der Waals surface area contributed by atoms with Crippen molar-refractivity contribution >= 4 is 0 Å². The summed E-state index contributed by atoms with van der Waals surface area (Å²) in [7, 11) is 0. The van der Waals surface area contributed by atoms with Crippen LogP contribution in [0.15, 0.2) is 48.5 Å². The summed E-state index contributed by atoms with van der Waals surface area (Å²) < 4.78 is 0. The molecule has 0 heterocycles. The summed E-state index contributed by atoms with van der Waals surface area (Å²) in [5.41, 5.74) is 1.69. The molecule has 2 nitrogen and oxygen atoms in total. The van der Waals surface area contributed by atoms with Gasteiger partial charge >= 0.3 is 0 Å². The smallest absolute Gasteiger partial charge is 0.119 e. The van der Waals surface area contributed by atoms with Crippen LogP contribution in [-0.2, 0) is 5.41 Å². The molecule has 1 fully saturated rings. The zero-order valence-electron chi connectivity index (χ0n) is 15.1. The average Bonchev–Trinajstić information content (AvgIpc) is 2.44. The van der Waals surface area contributed by atoms with E-state index in [2.05, 4.69) is 27.7 Å². The zero-order chi connectivity index (χ0) is 17.6. The highest BCUT2D eigenvalue weighted by Crippen LogP contribution is 2.60. The Morgan fingerprint density at radius 3 is 1.38 bits per heavy atom. The number of phenolic OH excluding ortho intramolecular Hbond substituents is 2. The van der Waals surface area contributed by atoms with E-state index in [-0.39, 0.29) is 16.2 Å². The molecule has 2 N–H and O–H groups in total. The molecule has 0 amide bonds. The van der Waals surface area contributed by atoms with E-state index in [1.165, 1.54) is 0 Å². The standard InChI is InChI=1S/C22H28O2/c1-20(2)13-21(3,4)15-22(14-20,16-9-5-7-11-18(16)23)17-10-6-8-12-19(17)24/h5-12,23-24H,13-15H2,1-4H3. The molecule has 0 aliphatic heterocycles. The first-order chi connectivity index (χ1) is 11.2. The molecule has 0 bridgehead atoms. The molecule has 2 aromatic rings. The maximum atomic E-state index is 10.6. The second-order valence-electron chi connectivity index (χ2n) is 8.98. The van der Waals surface area contributed by atoms with Crippen molar-refractivity contribution in [3.05, 3.63) is 59.7 Å². The van der Waals surface area contributed by atoms with Crippen LogP contribution in [0.5, 0.6) is 11.5 Å². The van der Waals surface area contributed by atoms with Crippen molar-refractivity contribution in [1.82, 2.24) is 0 Å². The van der Waals surface area contributed by atoms with Crippen LogP contribution < -0.4 is 0 Å². The number of phenols is 2. The third kappa shape index (κ3) is 2.90. The Kier molecular flexibility index (Phi) is 3.90. The Bertz CT molecular complexity index is 680. The van der Waals surface area contributed by atoms with Crippen molar-refractivity contribution in [2.45, 2.75) is 52.4 Å². The Morgan fingerprint density at radius 1 is 0.625 bits per heavy atom. The van der Waals surface area contributed by atoms with Gasteiger partial charge in [0.2, 0.25) is 0 Å². The predicted molar refractivity (Wildman–Crippen MR) is 98.4 cm³/mol. The first kappa shape index (κ1) is 16.9. The maximum Gasteiger partial charge on any atom is 0.119 e. The lowest BCUT2D eigenvalue weighted by atomic mass is 9.51. The molecule has 0 atom stereocenters. The highest BCUT2D eigenvalue weighted by Gasteiger charge is 2.50. The van der Waals surface area contributed by atoms with Crippen LogP contribution in [0.2, 0.25) is 0 Å². The number of rotatable bonds is 2. The van der Waals surface area contributed by atoms with E-state index in [0.717, 1.165) is 30.4 Å². The molecule has 128 valence electrons. The number of hydrogen-bond donors (Lipinski definition) is 2. The van der Waals surface area contributed by atoms with Gasteiger partial charge in [-0.3, -0.25) is 0 Å². The minimum Gasteiger partial charge on any atom is -0.508 e. The van der Waals surface area contributed by atoms with Gasteiger partial charge in [0.1, 0.15) is 11.5 Å². The normalized spacial score (nSPS) is 21.3. The Balaban J connectivity index is 2.30. The molecule has 1 aliphatic carbocycles. The van der Waals surface area contributed by atoms with E-state index in [9.17, 15) is 10.2 Å². The minimum absolute atomic E-state index is 0.117. The summed E-state index contributed by atoms with van der Waals surface area (Å²) in [4.78, 5) is 0. The summed E-state index contributed by atoms with van der Waals surface area (Å²) in [5, 5.41) is 21.3. The average molecular weight is 324 g/mol. The molecule has 3 rings (SSSR count). The van der Waals surface area contributed by atoms with Gasteiger partial charge in [0.15, 0.2) is 0 Å². The van der Waals surface area contributed by atoms with Crippen LogP contribution in [0.4, 0.5) is 0 Å². The lowest BCUT2D eigenvalue weighted by molar-refractivity contribution is 0.0607. The Labute approximate surface area is 145 Å². The van der Waals surface area contributed by atoms with Gasteiger partial charge in [-0.1, -0.05) is 64.1 Å². The largest absolute Gasteiger partial charge is 0.508 e. The summed E-state index contributed by atoms with van der Waals surface area (Å²) in [6.07, 6.45) is 2.93. The summed E-state index contributed by atoms with van der Waals surface area (Å²) >= 11 is 0.